The van der Waals surface area contributed by atoms with Crippen molar-refractivity contribution in [3.05, 3.63) is 71.8 Å². The molecule has 0 spiro atoms. The highest BCUT2D eigenvalue weighted by Gasteiger charge is 2.18. The van der Waals surface area contributed by atoms with Crippen LogP contribution in [0.5, 0.6) is 0 Å². The van der Waals surface area contributed by atoms with Gasteiger partial charge in [0.15, 0.2) is 0 Å². The van der Waals surface area contributed by atoms with Gasteiger partial charge in [-0.1, -0.05) is 60.7 Å². The number of rotatable bonds is 10. The summed E-state index contributed by atoms with van der Waals surface area (Å²) in [6.07, 6.45) is 1.64. The number of benzene rings is 2. The Morgan fingerprint density at radius 3 is 2.20 bits per heavy atom. The first-order chi connectivity index (χ1) is 12.2. The zero-order chi connectivity index (χ0) is 17.9. The fourth-order valence-corrected chi connectivity index (χ4v) is 2.52. The van der Waals surface area contributed by atoms with E-state index in [9.17, 15) is 9.18 Å². The maximum absolute atomic E-state index is 13.2. The minimum absolute atomic E-state index is 0.129. The molecule has 2 atom stereocenters. The molecule has 0 aliphatic rings. The predicted molar refractivity (Wildman–Crippen MR) is 98.8 cm³/mol. The molecule has 0 aliphatic carbocycles. The summed E-state index contributed by atoms with van der Waals surface area (Å²) in [5.74, 6) is -0.346. The Hall–Kier alpha value is -2.24. The van der Waals surface area contributed by atoms with E-state index in [1.165, 1.54) is 5.56 Å². The number of carbonyl (C=O) groups is 1. The summed E-state index contributed by atoms with van der Waals surface area (Å²) in [6.45, 7) is 0.0319. The molecule has 2 aromatic rings. The van der Waals surface area contributed by atoms with Crippen LogP contribution < -0.4 is 16.4 Å². The van der Waals surface area contributed by atoms with Gasteiger partial charge in [-0.05, 0) is 24.0 Å². The van der Waals surface area contributed by atoms with E-state index in [1.807, 2.05) is 48.5 Å². The average molecular weight is 343 g/mol. The second kappa shape index (κ2) is 10.6. The minimum Gasteiger partial charge on any atom is -0.351 e. The van der Waals surface area contributed by atoms with E-state index in [2.05, 4.69) is 22.8 Å². The van der Waals surface area contributed by atoms with E-state index in [1.54, 1.807) is 0 Å². The van der Waals surface area contributed by atoms with Crippen molar-refractivity contribution in [1.29, 1.82) is 0 Å². The van der Waals surface area contributed by atoms with Crippen LogP contribution in [0.15, 0.2) is 60.7 Å². The number of nitrogens with two attached hydrogens (primary N) is 1. The van der Waals surface area contributed by atoms with Crippen molar-refractivity contribution >= 4 is 5.91 Å². The van der Waals surface area contributed by atoms with Gasteiger partial charge in [-0.25, -0.2) is 4.39 Å². The lowest BCUT2D eigenvalue weighted by Crippen LogP contribution is -2.49. The first-order valence-electron chi connectivity index (χ1n) is 8.59. The topological polar surface area (TPSA) is 67.1 Å². The Labute approximate surface area is 148 Å². The normalized spacial score (nSPS) is 13.2. The molecule has 0 aromatic heterocycles. The zero-order valence-electron chi connectivity index (χ0n) is 14.3. The molecular weight excluding hydrogens is 317 g/mol. The molecule has 4 N–H and O–H groups in total. The lowest BCUT2D eigenvalue weighted by molar-refractivity contribution is -0.123. The molecule has 1 unspecified atom stereocenters. The Morgan fingerprint density at radius 2 is 1.60 bits per heavy atom. The van der Waals surface area contributed by atoms with Crippen LogP contribution in [0.2, 0.25) is 0 Å². The first kappa shape index (κ1) is 19.1. The first-order valence-corrected chi connectivity index (χ1v) is 8.59. The summed E-state index contributed by atoms with van der Waals surface area (Å²) >= 11 is 0. The van der Waals surface area contributed by atoms with Gasteiger partial charge in [0.2, 0.25) is 5.91 Å². The number of hydrogen-bond donors (Lipinski definition) is 3. The molecule has 5 heteroatoms. The van der Waals surface area contributed by atoms with Gasteiger partial charge in [-0.3, -0.25) is 4.79 Å². The van der Waals surface area contributed by atoms with E-state index in [-0.39, 0.29) is 11.9 Å². The van der Waals surface area contributed by atoms with Crippen LogP contribution in [-0.2, 0) is 17.8 Å². The zero-order valence-corrected chi connectivity index (χ0v) is 14.3. The van der Waals surface area contributed by atoms with Gasteiger partial charge >= 0.3 is 0 Å². The summed E-state index contributed by atoms with van der Waals surface area (Å²) in [5, 5.41) is 5.68. The van der Waals surface area contributed by atoms with E-state index in [0.29, 0.717) is 13.1 Å². The highest BCUT2D eigenvalue weighted by atomic mass is 19.1. The van der Waals surface area contributed by atoms with Gasteiger partial charge in [-0.15, -0.1) is 0 Å². The Bertz CT molecular complexity index is 621. The largest absolute Gasteiger partial charge is 0.351 e. The highest BCUT2D eigenvalue weighted by molar-refractivity contribution is 5.81. The molecule has 0 aliphatic heterocycles. The van der Waals surface area contributed by atoms with Crippen molar-refractivity contribution in [3.63, 3.8) is 0 Å². The average Bonchev–Trinajstić information content (AvgIpc) is 2.67. The number of alkyl halides is 1. The molecule has 0 saturated heterocycles. The molecular formula is C20H26FN3O. The van der Waals surface area contributed by atoms with Crippen molar-refractivity contribution in [2.75, 3.05) is 13.2 Å². The quantitative estimate of drug-likeness (QED) is 0.619. The van der Waals surface area contributed by atoms with Gasteiger partial charge in [-0.2, -0.15) is 0 Å². The Balaban J connectivity index is 1.70. The van der Waals surface area contributed by atoms with Crippen LogP contribution in [0.25, 0.3) is 0 Å². The van der Waals surface area contributed by atoms with Crippen LogP contribution >= 0.6 is 0 Å². The van der Waals surface area contributed by atoms with Gasteiger partial charge in [0, 0.05) is 19.1 Å². The van der Waals surface area contributed by atoms with Crippen molar-refractivity contribution in [2.45, 2.75) is 31.5 Å². The van der Waals surface area contributed by atoms with Crippen molar-refractivity contribution in [1.82, 2.24) is 10.6 Å². The van der Waals surface area contributed by atoms with E-state index in [0.717, 1.165) is 18.4 Å². The molecule has 0 fully saturated rings. The number of aryl methyl sites for hydroxylation is 1. The maximum Gasteiger partial charge on any atom is 0.240 e. The molecule has 134 valence electrons. The summed E-state index contributed by atoms with van der Waals surface area (Å²) in [7, 11) is 0. The second-order valence-corrected chi connectivity index (χ2v) is 6.10. The van der Waals surface area contributed by atoms with Gasteiger partial charge < -0.3 is 16.4 Å². The van der Waals surface area contributed by atoms with Crippen molar-refractivity contribution in [3.8, 4) is 0 Å². The third-order valence-corrected chi connectivity index (χ3v) is 4.05. The summed E-state index contributed by atoms with van der Waals surface area (Å²) in [6, 6.07) is 18.6. The standard InChI is InChI=1S/C20H26FN3O/c21-13-19(20(25)24-14-17-9-5-2-6-10-17)23-15-18(22)12-11-16-7-3-1-4-8-16/h1-10,18-19,23H,11-15,22H2,(H,24,25)/t18-,19?/m1/s1. The predicted octanol–water partition coefficient (Wildman–Crippen LogP) is 2.19. The van der Waals surface area contributed by atoms with E-state index < -0.39 is 12.7 Å². The molecule has 0 bridgehead atoms. The third kappa shape index (κ3) is 7.03. The van der Waals surface area contributed by atoms with Crippen LogP contribution in [0, 0.1) is 0 Å². The highest BCUT2D eigenvalue weighted by Crippen LogP contribution is 2.04. The number of carbonyl (C=O) groups excluding carboxylic acids is 1. The molecule has 1 amide bonds. The Kier molecular flexibility index (Phi) is 8.09. The molecule has 2 aromatic carbocycles. The lowest BCUT2D eigenvalue weighted by atomic mass is 10.1. The number of hydrogen-bond acceptors (Lipinski definition) is 3. The molecule has 4 nitrogen and oxygen atoms in total. The minimum atomic E-state index is -0.869. The van der Waals surface area contributed by atoms with Crippen molar-refractivity contribution in [2.24, 2.45) is 5.73 Å². The third-order valence-electron chi connectivity index (χ3n) is 4.05. The fraction of sp³-hybridized carbons (Fsp3) is 0.350. The van der Waals surface area contributed by atoms with E-state index in [4.69, 9.17) is 5.73 Å². The molecule has 0 saturated carbocycles. The number of amides is 1. The number of halogens is 1. The summed E-state index contributed by atoms with van der Waals surface area (Å²) in [4.78, 5) is 12.1. The maximum atomic E-state index is 13.2. The monoisotopic (exact) mass is 343 g/mol. The SMILES string of the molecule is N[C@H](CCc1ccccc1)CNC(CF)C(=O)NCc1ccccc1. The summed E-state index contributed by atoms with van der Waals surface area (Å²) < 4.78 is 13.2. The lowest BCUT2D eigenvalue weighted by Gasteiger charge is -2.18. The second-order valence-electron chi connectivity index (χ2n) is 6.10. The van der Waals surface area contributed by atoms with Crippen LogP contribution in [0.3, 0.4) is 0 Å². The summed E-state index contributed by atoms with van der Waals surface area (Å²) in [5.41, 5.74) is 8.28. The van der Waals surface area contributed by atoms with Gasteiger partial charge in [0.25, 0.3) is 0 Å². The Morgan fingerprint density at radius 1 is 1.00 bits per heavy atom. The van der Waals surface area contributed by atoms with Crippen LogP contribution in [-0.4, -0.2) is 31.2 Å². The molecule has 0 radical (unpaired) electrons. The van der Waals surface area contributed by atoms with E-state index >= 15 is 0 Å². The van der Waals surface area contributed by atoms with Crippen molar-refractivity contribution < 1.29 is 9.18 Å². The van der Waals surface area contributed by atoms with Gasteiger partial charge in [0.05, 0.1) is 0 Å². The van der Waals surface area contributed by atoms with Crippen LogP contribution in [0.1, 0.15) is 17.5 Å². The van der Waals surface area contributed by atoms with Gasteiger partial charge in [0.1, 0.15) is 12.7 Å². The smallest absolute Gasteiger partial charge is 0.240 e. The number of nitrogens with one attached hydrogen (secondary N) is 2. The fourth-order valence-electron chi connectivity index (χ4n) is 2.52. The molecule has 2 rings (SSSR count). The molecule has 25 heavy (non-hydrogen) atoms. The molecule has 0 heterocycles. The van der Waals surface area contributed by atoms with Crippen LogP contribution in [0.4, 0.5) is 4.39 Å².